The lowest BCUT2D eigenvalue weighted by Gasteiger charge is -2.27. The molecule has 4 rings (SSSR count). The molecule has 0 spiro atoms. The van der Waals surface area contributed by atoms with E-state index in [0.717, 1.165) is 0 Å². The van der Waals surface area contributed by atoms with Gasteiger partial charge in [-0.3, -0.25) is 9.87 Å². The minimum Gasteiger partial charge on any atom is -0.444 e. The second-order valence-corrected chi connectivity index (χ2v) is 10.6. The molecule has 1 aromatic rings. The molecule has 3 heterocycles. The van der Waals surface area contributed by atoms with E-state index in [1.165, 1.54) is 4.90 Å². The van der Waals surface area contributed by atoms with E-state index in [0.29, 0.717) is 36.6 Å². The number of urea groups is 1. The SMILES string of the molecule is CC(C)(C)OC(=O)NC(N)=NC1(Cc2nnc([C@@H]3CC[C@@H]4CN3C(=O)N4OS(=O)(=O)O)o2)CC1. The first kappa shape index (κ1) is 24.2. The molecule has 34 heavy (non-hydrogen) atoms. The van der Waals surface area contributed by atoms with Gasteiger partial charge in [-0.1, -0.05) is 0 Å². The van der Waals surface area contributed by atoms with Gasteiger partial charge in [-0.15, -0.1) is 14.5 Å². The van der Waals surface area contributed by atoms with Crippen LogP contribution in [-0.4, -0.2) is 74.9 Å². The molecular weight excluding hydrogens is 474 g/mol. The number of ether oxygens (including phenoxy) is 1. The fraction of sp³-hybridized carbons (Fsp3) is 0.722. The van der Waals surface area contributed by atoms with Crippen LogP contribution in [0, 0.1) is 0 Å². The minimum absolute atomic E-state index is 0.0774. The van der Waals surface area contributed by atoms with Gasteiger partial charge in [-0.2, -0.15) is 13.5 Å². The van der Waals surface area contributed by atoms with E-state index in [-0.39, 0.29) is 24.8 Å². The summed E-state index contributed by atoms with van der Waals surface area (Å²) in [4.78, 5) is 30.2. The van der Waals surface area contributed by atoms with E-state index in [1.807, 2.05) is 0 Å². The number of hydrogen-bond acceptors (Lipinski definition) is 10. The number of nitrogens with zero attached hydrogens (tertiary/aromatic N) is 5. The maximum absolute atomic E-state index is 12.6. The van der Waals surface area contributed by atoms with Crippen LogP contribution >= 0.6 is 0 Å². The Bertz CT molecular complexity index is 1110. The van der Waals surface area contributed by atoms with Crippen molar-refractivity contribution in [3.8, 4) is 0 Å². The molecule has 1 aromatic heterocycles. The second kappa shape index (κ2) is 8.35. The number of nitrogens with one attached hydrogen (secondary N) is 1. The van der Waals surface area contributed by atoms with Crippen LogP contribution in [0.5, 0.6) is 0 Å². The Morgan fingerprint density at radius 2 is 2.06 bits per heavy atom. The van der Waals surface area contributed by atoms with Crippen LogP contribution in [0.2, 0.25) is 0 Å². The number of guanidine groups is 1. The van der Waals surface area contributed by atoms with Crippen LogP contribution in [-0.2, 0) is 25.8 Å². The lowest BCUT2D eigenvalue weighted by atomic mass is 10.0. The molecule has 2 aliphatic heterocycles. The number of hydroxylamine groups is 2. The van der Waals surface area contributed by atoms with Gasteiger partial charge < -0.3 is 19.8 Å². The van der Waals surface area contributed by atoms with Crippen LogP contribution in [0.1, 0.15) is 64.3 Å². The lowest BCUT2D eigenvalue weighted by Crippen LogP contribution is -2.41. The quantitative estimate of drug-likeness (QED) is 0.280. The summed E-state index contributed by atoms with van der Waals surface area (Å²) in [7, 11) is -4.83. The van der Waals surface area contributed by atoms with Crippen molar-refractivity contribution in [3.63, 3.8) is 0 Å². The van der Waals surface area contributed by atoms with Crippen molar-refractivity contribution in [3.05, 3.63) is 11.8 Å². The molecule has 1 saturated carbocycles. The maximum atomic E-state index is 12.6. The number of aliphatic imine (C=N–C) groups is 1. The highest BCUT2D eigenvalue weighted by Crippen LogP contribution is 2.43. The predicted octanol–water partition coefficient (Wildman–Crippen LogP) is 0.660. The molecule has 4 N–H and O–H groups in total. The van der Waals surface area contributed by atoms with Gasteiger partial charge in [0.2, 0.25) is 11.8 Å². The summed E-state index contributed by atoms with van der Waals surface area (Å²) in [5.74, 6) is 0.419. The normalized spacial score (nSPS) is 24.4. The third kappa shape index (κ3) is 5.56. The third-order valence-corrected chi connectivity index (χ3v) is 5.91. The largest absolute Gasteiger partial charge is 0.444 e. The van der Waals surface area contributed by atoms with E-state index >= 15 is 0 Å². The molecule has 16 heteroatoms. The number of hydrogen-bond donors (Lipinski definition) is 3. The molecule has 1 aliphatic carbocycles. The molecule has 0 aromatic carbocycles. The Hall–Kier alpha value is -2.98. The van der Waals surface area contributed by atoms with Crippen molar-refractivity contribution in [1.82, 2.24) is 25.5 Å². The first-order chi connectivity index (χ1) is 15.7. The van der Waals surface area contributed by atoms with Gasteiger partial charge in [0.1, 0.15) is 11.6 Å². The minimum atomic E-state index is -4.83. The number of alkyl carbamates (subject to hydrolysis) is 1. The predicted molar refractivity (Wildman–Crippen MR) is 113 cm³/mol. The van der Waals surface area contributed by atoms with Crippen LogP contribution in [0.4, 0.5) is 9.59 Å². The summed E-state index contributed by atoms with van der Waals surface area (Å²) >= 11 is 0. The van der Waals surface area contributed by atoms with Crippen molar-refractivity contribution < 1.29 is 36.0 Å². The van der Waals surface area contributed by atoms with E-state index in [1.54, 1.807) is 20.8 Å². The zero-order valence-corrected chi connectivity index (χ0v) is 19.7. The van der Waals surface area contributed by atoms with Crippen molar-refractivity contribution in [1.29, 1.82) is 0 Å². The number of rotatable bonds is 6. The number of amides is 3. The third-order valence-electron chi connectivity index (χ3n) is 5.56. The highest BCUT2D eigenvalue weighted by Gasteiger charge is 2.50. The Labute approximate surface area is 195 Å². The van der Waals surface area contributed by atoms with Crippen molar-refractivity contribution in [2.24, 2.45) is 10.7 Å². The molecule has 2 bridgehead atoms. The highest BCUT2D eigenvalue weighted by atomic mass is 32.3. The summed E-state index contributed by atoms with van der Waals surface area (Å²) in [6, 6.07) is -1.79. The van der Waals surface area contributed by atoms with E-state index in [2.05, 4.69) is 24.8 Å². The van der Waals surface area contributed by atoms with Gasteiger partial charge >= 0.3 is 22.5 Å². The molecule has 3 aliphatic rings. The van der Waals surface area contributed by atoms with E-state index in [9.17, 15) is 18.0 Å². The van der Waals surface area contributed by atoms with Crippen LogP contribution < -0.4 is 11.1 Å². The summed E-state index contributed by atoms with van der Waals surface area (Å²) in [6.07, 6.45) is 1.86. The lowest BCUT2D eigenvalue weighted by molar-refractivity contribution is -0.0317. The molecule has 0 radical (unpaired) electrons. The summed E-state index contributed by atoms with van der Waals surface area (Å²) in [6.45, 7) is 5.39. The van der Waals surface area contributed by atoms with Gasteiger partial charge in [0.15, 0.2) is 5.96 Å². The zero-order chi connectivity index (χ0) is 24.9. The molecule has 0 unspecified atom stereocenters. The molecule has 188 valence electrons. The van der Waals surface area contributed by atoms with Gasteiger partial charge in [0.25, 0.3) is 0 Å². The zero-order valence-electron chi connectivity index (χ0n) is 18.9. The number of carbonyl (C=O) groups excluding carboxylic acids is 2. The number of carbonyl (C=O) groups is 2. The number of fused-ring (bicyclic) bond motifs is 2. The summed E-state index contributed by atoms with van der Waals surface area (Å²) < 4.78 is 46.4. The highest BCUT2D eigenvalue weighted by molar-refractivity contribution is 7.80. The molecular formula is C18H27N7O8S. The Balaban J connectivity index is 1.39. The molecule has 3 fully saturated rings. The van der Waals surface area contributed by atoms with Gasteiger partial charge in [-0.05, 0) is 46.5 Å². The van der Waals surface area contributed by atoms with E-state index < -0.39 is 45.7 Å². The monoisotopic (exact) mass is 501 g/mol. The smallest absolute Gasteiger partial charge is 0.418 e. The molecule has 2 atom stereocenters. The van der Waals surface area contributed by atoms with Crippen LogP contribution in [0.25, 0.3) is 0 Å². The Kier molecular flexibility index (Phi) is 5.93. The average Bonchev–Trinajstić information content (AvgIpc) is 3.19. The average molecular weight is 502 g/mol. The molecule has 3 amide bonds. The van der Waals surface area contributed by atoms with Crippen molar-refractivity contribution in [2.45, 2.75) is 76.1 Å². The van der Waals surface area contributed by atoms with Crippen molar-refractivity contribution in [2.75, 3.05) is 6.54 Å². The Morgan fingerprint density at radius 1 is 1.35 bits per heavy atom. The standard InChI is InChI=1S/C18H27N7O8S/c1-17(2,3)32-15(26)20-14(19)21-18(6-7-18)8-12-22-23-13(31-12)11-5-4-10-9-24(11)16(27)25(10)33-34(28,29)30/h10-11H,4-9H2,1-3H3,(H,28,29,30)(H3,19,20,21,26)/t10-,11+/m1/s1. The fourth-order valence-electron chi connectivity index (χ4n) is 4.01. The van der Waals surface area contributed by atoms with Gasteiger partial charge in [0.05, 0.1) is 18.0 Å². The number of aromatic nitrogens is 2. The first-order valence-corrected chi connectivity index (χ1v) is 12.0. The van der Waals surface area contributed by atoms with E-state index in [4.69, 9.17) is 19.4 Å². The van der Waals surface area contributed by atoms with Crippen LogP contribution in [0.3, 0.4) is 0 Å². The second-order valence-electron chi connectivity index (χ2n) is 9.57. The van der Waals surface area contributed by atoms with Crippen molar-refractivity contribution >= 4 is 28.5 Å². The van der Waals surface area contributed by atoms with Gasteiger partial charge in [0, 0.05) is 6.54 Å². The summed E-state index contributed by atoms with van der Waals surface area (Å²) in [5.41, 5.74) is 4.61. The summed E-state index contributed by atoms with van der Waals surface area (Å²) in [5, 5.41) is 11.2. The molecule has 2 saturated heterocycles. The van der Waals surface area contributed by atoms with Crippen LogP contribution in [0.15, 0.2) is 9.41 Å². The van der Waals surface area contributed by atoms with Gasteiger partial charge in [-0.25, -0.2) is 14.6 Å². The fourth-order valence-corrected chi connectivity index (χ4v) is 4.39. The Morgan fingerprint density at radius 3 is 2.68 bits per heavy atom. The number of piperidine rings is 1. The number of nitrogens with two attached hydrogens (primary N) is 1. The molecule has 15 nitrogen and oxygen atoms in total. The maximum Gasteiger partial charge on any atom is 0.418 e. The topological polar surface area (TPSA) is 203 Å². The first-order valence-electron chi connectivity index (χ1n) is 10.7.